The van der Waals surface area contributed by atoms with Crippen LogP contribution in [0.1, 0.15) is 5.69 Å². The molecule has 14 heteroatoms. The van der Waals surface area contributed by atoms with Crippen LogP contribution < -0.4 is 4.90 Å². The van der Waals surface area contributed by atoms with Crippen molar-refractivity contribution < 1.29 is 39.6 Å². The van der Waals surface area contributed by atoms with Gasteiger partial charge in [-0.1, -0.05) is 30.3 Å². The molecule has 5 N–H and O–H groups in total. The fourth-order valence-corrected chi connectivity index (χ4v) is 3.27. The Bertz CT molecular complexity index is 1240. The van der Waals surface area contributed by atoms with E-state index < -0.39 is 23.9 Å². The molecule has 14 nitrogen and oxygen atoms in total. The molecule has 0 amide bonds. The average molecular weight is 553 g/mol. The van der Waals surface area contributed by atoms with Crippen LogP contribution in [-0.2, 0) is 25.7 Å². The first-order valence-electron chi connectivity index (χ1n) is 11.8. The van der Waals surface area contributed by atoms with E-state index in [0.717, 1.165) is 55.8 Å². The molecule has 1 aliphatic heterocycles. The summed E-state index contributed by atoms with van der Waals surface area (Å²) in [5.74, 6) is -3.27. The van der Waals surface area contributed by atoms with Crippen molar-refractivity contribution in [3.05, 3.63) is 85.0 Å². The number of nitrogens with zero attached hydrogens (tertiary/aromatic N) is 5. The summed E-state index contributed by atoms with van der Waals surface area (Å²) in [4.78, 5) is 59.5. The fourth-order valence-electron chi connectivity index (χ4n) is 3.27. The van der Waals surface area contributed by atoms with Crippen molar-refractivity contribution in [2.75, 3.05) is 31.1 Å². The van der Waals surface area contributed by atoms with Crippen LogP contribution in [0.4, 0.5) is 5.95 Å². The van der Waals surface area contributed by atoms with Crippen molar-refractivity contribution in [1.82, 2.24) is 24.8 Å². The second kappa shape index (κ2) is 16.5. The van der Waals surface area contributed by atoms with Crippen molar-refractivity contribution in [3.63, 3.8) is 0 Å². The molecule has 40 heavy (non-hydrogen) atoms. The number of piperazine rings is 1. The highest BCUT2D eigenvalue weighted by atomic mass is 16.4. The SMILES string of the molecule is O=C(O)/C=C/C(=O)O.O=C(O)/C=C/C(=O)O.c1ccc(-c2ncc(CN3CCN(c4ncccn4)CC3)[nH]2)cc1. The summed E-state index contributed by atoms with van der Waals surface area (Å²) in [5, 5.41) is 31.2. The van der Waals surface area contributed by atoms with Crippen LogP contribution in [0.15, 0.2) is 79.3 Å². The second-order valence-corrected chi connectivity index (χ2v) is 7.95. The van der Waals surface area contributed by atoms with Crippen LogP contribution in [0.3, 0.4) is 0 Å². The van der Waals surface area contributed by atoms with Gasteiger partial charge in [0.05, 0.1) is 0 Å². The Morgan fingerprint density at radius 3 is 1.70 bits per heavy atom. The molecule has 0 saturated carbocycles. The molecule has 210 valence electrons. The summed E-state index contributed by atoms with van der Waals surface area (Å²) >= 11 is 0. The number of carboxylic acids is 4. The van der Waals surface area contributed by atoms with E-state index in [1.165, 1.54) is 0 Å². The molecule has 0 atom stereocenters. The molecule has 2 aromatic heterocycles. The van der Waals surface area contributed by atoms with E-state index in [0.29, 0.717) is 24.3 Å². The molecule has 3 aromatic rings. The van der Waals surface area contributed by atoms with E-state index >= 15 is 0 Å². The summed E-state index contributed by atoms with van der Waals surface area (Å²) < 4.78 is 0. The van der Waals surface area contributed by atoms with Crippen LogP contribution in [0.5, 0.6) is 0 Å². The number of carboxylic acid groups (broad SMARTS) is 4. The molecular formula is C26H28N6O8. The molecule has 0 bridgehead atoms. The third-order valence-corrected chi connectivity index (χ3v) is 5.01. The Morgan fingerprint density at radius 1 is 0.725 bits per heavy atom. The molecular weight excluding hydrogens is 524 g/mol. The summed E-state index contributed by atoms with van der Waals surface area (Å²) in [6, 6.07) is 12.1. The maximum atomic E-state index is 9.55. The van der Waals surface area contributed by atoms with E-state index in [9.17, 15) is 19.2 Å². The van der Waals surface area contributed by atoms with Gasteiger partial charge < -0.3 is 30.3 Å². The molecule has 0 unspecified atom stereocenters. The van der Waals surface area contributed by atoms with Crippen LogP contribution in [0, 0.1) is 0 Å². The maximum Gasteiger partial charge on any atom is 0.328 e. The molecule has 1 saturated heterocycles. The lowest BCUT2D eigenvalue weighted by Gasteiger charge is -2.34. The van der Waals surface area contributed by atoms with Gasteiger partial charge >= 0.3 is 23.9 Å². The highest BCUT2D eigenvalue weighted by molar-refractivity contribution is 5.90. The van der Waals surface area contributed by atoms with Gasteiger partial charge in [0.2, 0.25) is 5.95 Å². The number of benzene rings is 1. The Labute approximate surface area is 228 Å². The highest BCUT2D eigenvalue weighted by Crippen LogP contribution is 2.16. The third-order valence-electron chi connectivity index (χ3n) is 5.01. The number of hydrogen-bond donors (Lipinski definition) is 5. The molecule has 1 aromatic carbocycles. The van der Waals surface area contributed by atoms with Gasteiger partial charge in [0.15, 0.2) is 0 Å². The molecule has 1 aliphatic rings. The first-order chi connectivity index (χ1) is 19.1. The standard InChI is InChI=1S/C18H20N6.2C4H4O4/c1-2-5-15(6-3-1)17-21-13-16(22-17)14-23-9-11-24(12-10-23)18-19-7-4-8-20-18;2*5-3(6)1-2-4(7)8/h1-8,13H,9-12,14H2,(H,21,22);2*1-2H,(H,5,6)(H,7,8)/b;2*2-1+. The molecule has 0 radical (unpaired) electrons. The van der Waals surface area contributed by atoms with Crippen LogP contribution in [-0.4, -0.2) is 95.3 Å². The van der Waals surface area contributed by atoms with Crippen molar-refractivity contribution in [2.45, 2.75) is 6.54 Å². The Kier molecular flexibility index (Phi) is 12.7. The molecule has 1 fully saturated rings. The fraction of sp³-hybridized carbons (Fsp3) is 0.192. The second-order valence-electron chi connectivity index (χ2n) is 7.95. The van der Waals surface area contributed by atoms with Crippen LogP contribution in [0.2, 0.25) is 0 Å². The zero-order valence-corrected chi connectivity index (χ0v) is 21.2. The topological polar surface area (TPSA) is 210 Å². The lowest BCUT2D eigenvalue weighted by atomic mass is 10.2. The van der Waals surface area contributed by atoms with E-state index in [4.69, 9.17) is 20.4 Å². The number of anilines is 1. The summed E-state index contributed by atoms with van der Waals surface area (Å²) in [6.07, 6.45) is 7.76. The Morgan fingerprint density at radius 2 is 1.23 bits per heavy atom. The smallest absolute Gasteiger partial charge is 0.328 e. The zero-order chi connectivity index (χ0) is 29.3. The van der Waals surface area contributed by atoms with E-state index in [1.54, 1.807) is 12.4 Å². The number of imidazole rings is 1. The average Bonchev–Trinajstić information content (AvgIpc) is 3.41. The normalized spacial score (nSPS) is 13.2. The summed E-state index contributed by atoms with van der Waals surface area (Å²) in [7, 11) is 0. The number of aromatic amines is 1. The number of hydrogen-bond acceptors (Lipinski definition) is 9. The molecule has 0 aliphatic carbocycles. The summed E-state index contributed by atoms with van der Waals surface area (Å²) in [6.45, 7) is 4.78. The van der Waals surface area contributed by atoms with Gasteiger partial charge in [-0.2, -0.15) is 0 Å². The van der Waals surface area contributed by atoms with E-state index in [-0.39, 0.29) is 0 Å². The number of nitrogens with one attached hydrogen (secondary N) is 1. The Hall–Kier alpha value is -5.37. The van der Waals surface area contributed by atoms with Gasteiger partial charge in [0.25, 0.3) is 0 Å². The predicted molar refractivity (Wildman–Crippen MR) is 142 cm³/mol. The van der Waals surface area contributed by atoms with Crippen molar-refractivity contribution in [1.29, 1.82) is 0 Å². The van der Waals surface area contributed by atoms with Gasteiger partial charge in [-0.05, 0) is 6.07 Å². The van der Waals surface area contributed by atoms with Crippen molar-refractivity contribution in [3.8, 4) is 11.4 Å². The zero-order valence-electron chi connectivity index (χ0n) is 21.2. The number of aliphatic carboxylic acids is 4. The largest absolute Gasteiger partial charge is 0.478 e. The third kappa shape index (κ3) is 12.2. The van der Waals surface area contributed by atoms with E-state index in [2.05, 4.69) is 41.9 Å². The summed E-state index contributed by atoms with van der Waals surface area (Å²) in [5.41, 5.74) is 2.27. The quantitative estimate of drug-likeness (QED) is 0.252. The van der Waals surface area contributed by atoms with Gasteiger partial charge in [-0.3, -0.25) is 4.90 Å². The monoisotopic (exact) mass is 552 g/mol. The maximum absolute atomic E-state index is 9.55. The van der Waals surface area contributed by atoms with Crippen LogP contribution in [0.25, 0.3) is 11.4 Å². The van der Waals surface area contributed by atoms with Crippen LogP contribution >= 0.6 is 0 Å². The number of rotatable bonds is 8. The Balaban J connectivity index is 0.000000290. The molecule has 0 spiro atoms. The first-order valence-corrected chi connectivity index (χ1v) is 11.8. The minimum absolute atomic E-state index is 0.558. The van der Waals surface area contributed by atoms with Gasteiger partial charge in [-0.25, -0.2) is 34.1 Å². The number of aromatic nitrogens is 4. The minimum Gasteiger partial charge on any atom is -0.478 e. The lowest BCUT2D eigenvalue weighted by molar-refractivity contribution is -0.134. The first kappa shape index (κ1) is 30.9. The van der Waals surface area contributed by atoms with Gasteiger partial charge in [0, 0.05) is 86.9 Å². The predicted octanol–water partition coefficient (Wildman–Crippen LogP) is 1.61. The number of H-pyrrole nitrogens is 1. The lowest BCUT2D eigenvalue weighted by Crippen LogP contribution is -2.46. The molecule has 4 rings (SSSR count). The van der Waals surface area contributed by atoms with Gasteiger partial charge in [-0.15, -0.1) is 0 Å². The molecule has 3 heterocycles. The van der Waals surface area contributed by atoms with Crippen molar-refractivity contribution >= 4 is 29.8 Å². The minimum atomic E-state index is -1.26. The highest BCUT2D eigenvalue weighted by Gasteiger charge is 2.19. The van der Waals surface area contributed by atoms with Gasteiger partial charge in [0.1, 0.15) is 5.82 Å². The number of carbonyl (C=O) groups is 4. The van der Waals surface area contributed by atoms with Crippen molar-refractivity contribution in [2.24, 2.45) is 0 Å². The van der Waals surface area contributed by atoms with E-state index in [1.807, 2.05) is 30.5 Å².